The molecule has 4 heteroatoms. The summed E-state index contributed by atoms with van der Waals surface area (Å²) in [7, 11) is 0. The first-order valence-corrected chi connectivity index (χ1v) is 12.7. The number of likely N-dealkylation sites (tertiary alicyclic amines) is 1. The van der Waals surface area contributed by atoms with Crippen LogP contribution in [0, 0.1) is 0 Å². The summed E-state index contributed by atoms with van der Waals surface area (Å²) in [6.45, 7) is 8.03. The van der Waals surface area contributed by atoms with Gasteiger partial charge in [0.2, 0.25) is 0 Å². The average Bonchev–Trinajstić information content (AvgIpc) is 2.85. The predicted molar refractivity (Wildman–Crippen MR) is 137 cm³/mol. The second kappa shape index (κ2) is 11.7. The third-order valence-corrected chi connectivity index (χ3v) is 7.22. The van der Waals surface area contributed by atoms with Crippen molar-refractivity contribution in [2.24, 2.45) is 0 Å². The highest BCUT2D eigenvalue weighted by atomic mass is 16.5. The summed E-state index contributed by atoms with van der Waals surface area (Å²) in [6.07, 6.45) is 9.03. The average molecular weight is 449 g/mol. The molecular weight excluding hydrogens is 408 g/mol. The smallest absolute Gasteiger partial charge is 0.119 e. The maximum absolute atomic E-state index is 10.5. The zero-order valence-corrected chi connectivity index (χ0v) is 20.3. The molecule has 1 saturated heterocycles. The zero-order valence-electron chi connectivity index (χ0n) is 20.3. The molecule has 1 aliphatic heterocycles. The molecule has 2 aromatic rings. The Morgan fingerprint density at radius 3 is 2.33 bits per heavy atom. The van der Waals surface area contributed by atoms with Gasteiger partial charge in [-0.3, -0.25) is 4.90 Å². The molecule has 2 aliphatic rings. The molecule has 178 valence electrons. The van der Waals surface area contributed by atoms with Crippen LogP contribution >= 0.6 is 0 Å². The molecular formula is C29H40N2O2. The first-order chi connectivity index (χ1) is 16.1. The second-order valence-electron chi connectivity index (χ2n) is 9.89. The van der Waals surface area contributed by atoms with Crippen LogP contribution in [0.4, 0.5) is 5.69 Å². The minimum Gasteiger partial charge on any atom is -0.489 e. The number of piperidine rings is 1. The lowest BCUT2D eigenvalue weighted by Gasteiger charge is -2.44. The van der Waals surface area contributed by atoms with E-state index in [9.17, 15) is 5.11 Å². The van der Waals surface area contributed by atoms with Crippen LogP contribution in [0.2, 0.25) is 0 Å². The molecule has 0 bridgehead atoms. The van der Waals surface area contributed by atoms with Gasteiger partial charge in [0.1, 0.15) is 12.4 Å². The van der Waals surface area contributed by atoms with Crippen LogP contribution in [0.5, 0.6) is 5.75 Å². The van der Waals surface area contributed by atoms with E-state index in [0.29, 0.717) is 18.7 Å². The number of hydrogen-bond acceptors (Lipinski definition) is 4. The Morgan fingerprint density at radius 2 is 1.67 bits per heavy atom. The summed E-state index contributed by atoms with van der Waals surface area (Å²) in [6, 6.07) is 19.8. The van der Waals surface area contributed by atoms with Gasteiger partial charge in [0, 0.05) is 37.4 Å². The summed E-state index contributed by atoms with van der Waals surface area (Å²) < 4.78 is 6.00. The summed E-state index contributed by atoms with van der Waals surface area (Å²) in [5.41, 5.74) is 3.79. The molecule has 0 aromatic heterocycles. The molecule has 1 heterocycles. The molecule has 2 fully saturated rings. The normalized spacial score (nSPS) is 22.0. The van der Waals surface area contributed by atoms with Gasteiger partial charge in [-0.2, -0.15) is 0 Å². The quantitative estimate of drug-likeness (QED) is 0.517. The lowest BCUT2D eigenvalue weighted by molar-refractivity contribution is 0.00876. The van der Waals surface area contributed by atoms with Crippen molar-refractivity contribution in [3.63, 3.8) is 0 Å². The standard InChI is InChI=1S/C29H40N2O2/c1-23(2)16-21-31(26-17-19-30(20-18-26)28-10-6-7-11-29(28)32)25-12-14-27(15-13-25)33-22-24-8-4-3-5-9-24/h3-5,8-9,12-16,26,28-29,32H,6-7,10-11,17-22H2,1-2H3/t28-,29-/m0/s1. The fraction of sp³-hybridized carbons (Fsp3) is 0.517. The zero-order chi connectivity index (χ0) is 23.0. The first-order valence-electron chi connectivity index (χ1n) is 12.7. The van der Waals surface area contributed by atoms with Gasteiger partial charge in [-0.15, -0.1) is 0 Å². The highest BCUT2D eigenvalue weighted by Crippen LogP contribution is 2.30. The number of nitrogens with zero attached hydrogens (tertiary/aromatic N) is 2. The minimum atomic E-state index is -0.138. The fourth-order valence-electron chi connectivity index (χ4n) is 5.27. The SMILES string of the molecule is CC(C)=CCN(c1ccc(OCc2ccccc2)cc1)C1CCN([C@H]2CCCC[C@@H]2O)CC1. The molecule has 4 nitrogen and oxygen atoms in total. The third kappa shape index (κ3) is 6.61. The molecule has 1 saturated carbocycles. The van der Waals surface area contributed by atoms with E-state index in [4.69, 9.17) is 4.74 Å². The van der Waals surface area contributed by atoms with Crippen molar-refractivity contribution in [3.8, 4) is 5.75 Å². The number of ether oxygens (including phenoxy) is 1. The van der Waals surface area contributed by atoms with Crippen molar-refractivity contribution in [1.82, 2.24) is 4.90 Å². The number of rotatable bonds is 8. The molecule has 1 aliphatic carbocycles. The molecule has 0 unspecified atom stereocenters. The Kier molecular flexibility index (Phi) is 8.46. The van der Waals surface area contributed by atoms with Crippen LogP contribution in [0.15, 0.2) is 66.2 Å². The Balaban J connectivity index is 1.39. The lowest BCUT2D eigenvalue weighted by Crippen LogP contribution is -2.52. The summed E-state index contributed by atoms with van der Waals surface area (Å²) in [5, 5.41) is 10.5. The topological polar surface area (TPSA) is 35.9 Å². The summed E-state index contributed by atoms with van der Waals surface area (Å²) in [4.78, 5) is 5.11. The number of aliphatic hydroxyl groups is 1. The van der Waals surface area contributed by atoms with E-state index in [1.807, 2.05) is 18.2 Å². The van der Waals surface area contributed by atoms with Gasteiger partial charge in [0.05, 0.1) is 6.10 Å². The van der Waals surface area contributed by atoms with Crippen molar-refractivity contribution in [2.45, 2.75) is 77.2 Å². The van der Waals surface area contributed by atoms with E-state index >= 15 is 0 Å². The summed E-state index contributed by atoms with van der Waals surface area (Å²) in [5.74, 6) is 0.908. The first kappa shape index (κ1) is 23.8. The minimum absolute atomic E-state index is 0.138. The van der Waals surface area contributed by atoms with Gasteiger partial charge >= 0.3 is 0 Å². The van der Waals surface area contributed by atoms with Crippen molar-refractivity contribution < 1.29 is 9.84 Å². The van der Waals surface area contributed by atoms with Crippen molar-refractivity contribution in [1.29, 1.82) is 0 Å². The lowest BCUT2D eigenvalue weighted by atomic mass is 9.89. The highest BCUT2D eigenvalue weighted by Gasteiger charge is 2.32. The van der Waals surface area contributed by atoms with E-state index in [2.05, 4.69) is 66.1 Å². The molecule has 0 amide bonds. The van der Waals surface area contributed by atoms with Crippen LogP contribution in [0.3, 0.4) is 0 Å². The number of aliphatic hydroxyl groups excluding tert-OH is 1. The Hall–Kier alpha value is -2.30. The fourth-order valence-corrected chi connectivity index (χ4v) is 5.27. The Labute approximate surface area is 199 Å². The van der Waals surface area contributed by atoms with E-state index in [-0.39, 0.29) is 6.10 Å². The largest absolute Gasteiger partial charge is 0.489 e. The third-order valence-electron chi connectivity index (χ3n) is 7.22. The van der Waals surface area contributed by atoms with Crippen molar-refractivity contribution in [2.75, 3.05) is 24.5 Å². The van der Waals surface area contributed by atoms with Crippen LogP contribution in [0.1, 0.15) is 57.9 Å². The maximum Gasteiger partial charge on any atom is 0.119 e. The summed E-state index contributed by atoms with van der Waals surface area (Å²) >= 11 is 0. The van der Waals surface area contributed by atoms with Crippen LogP contribution in [-0.2, 0) is 6.61 Å². The number of benzene rings is 2. The van der Waals surface area contributed by atoms with E-state index < -0.39 is 0 Å². The van der Waals surface area contributed by atoms with Gasteiger partial charge < -0.3 is 14.7 Å². The van der Waals surface area contributed by atoms with Gasteiger partial charge in [-0.1, -0.05) is 54.8 Å². The van der Waals surface area contributed by atoms with Crippen LogP contribution in [-0.4, -0.2) is 47.8 Å². The van der Waals surface area contributed by atoms with E-state index in [1.54, 1.807) is 0 Å². The van der Waals surface area contributed by atoms with E-state index in [1.165, 1.54) is 29.7 Å². The molecule has 0 radical (unpaired) electrons. The molecule has 33 heavy (non-hydrogen) atoms. The number of allylic oxidation sites excluding steroid dienone is 1. The number of hydrogen-bond donors (Lipinski definition) is 1. The molecule has 2 atom stereocenters. The highest BCUT2D eigenvalue weighted by molar-refractivity contribution is 5.51. The Morgan fingerprint density at radius 1 is 0.970 bits per heavy atom. The van der Waals surface area contributed by atoms with Crippen molar-refractivity contribution in [3.05, 3.63) is 71.8 Å². The number of anilines is 1. The maximum atomic E-state index is 10.5. The van der Waals surface area contributed by atoms with Crippen LogP contribution < -0.4 is 9.64 Å². The molecule has 0 spiro atoms. The Bertz CT molecular complexity index is 868. The van der Waals surface area contributed by atoms with Gasteiger partial charge in [-0.25, -0.2) is 0 Å². The van der Waals surface area contributed by atoms with Gasteiger partial charge in [0.25, 0.3) is 0 Å². The van der Waals surface area contributed by atoms with Gasteiger partial charge in [-0.05, 0) is 69.4 Å². The van der Waals surface area contributed by atoms with Crippen molar-refractivity contribution >= 4 is 5.69 Å². The van der Waals surface area contributed by atoms with Gasteiger partial charge in [0.15, 0.2) is 0 Å². The predicted octanol–water partition coefficient (Wildman–Crippen LogP) is 5.81. The second-order valence-corrected chi connectivity index (χ2v) is 9.89. The van der Waals surface area contributed by atoms with E-state index in [0.717, 1.165) is 51.1 Å². The monoisotopic (exact) mass is 448 g/mol. The van der Waals surface area contributed by atoms with Crippen LogP contribution in [0.25, 0.3) is 0 Å². The molecule has 1 N–H and O–H groups in total. The molecule has 2 aromatic carbocycles. The molecule has 4 rings (SSSR count).